The molecule has 0 aromatic heterocycles. The highest BCUT2D eigenvalue weighted by Gasteiger charge is 2.37. The van der Waals surface area contributed by atoms with Crippen LogP contribution >= 0.6 is 46.4 Å². The van der Waals surface area contributed by atoms with Crippen molar-refractivity contribution < 1.29 is 24.5 Å². The molecule has 1 amide bonds. The average Bonchev–Trinajstić information content (AvgIpc) is 3.11. The lowest BCUT2D eigenvalue weighted by Gasteiger charge is -2.42. The van der Waals surface area contributed by atoms with Gasteiger partial charge in [-0.3, -0.25) is 4.79 Å². The van der Waals surface area contributed by atoms with Crippen molar-refractivity contribution in [2.75, 3.05) is 19.6 Å². The van der Waals surface area contributed by atoms with Crippen molar-refractivity contribution in [3.63, 3.8) is 0 Å². The predicted molar refractivity (Wildman–Crippen MR) is 193 cm³/mol. The van der Waals surface area contributed by atoms with Crippen LogP contribution in [-0.2, 0) is 33.0 Å². The zero-order chi connectivity index (χ0) is 34.6. The highest BCUT2D eigenvalue weighted by atomic mass is 35.6. The lowest BCUT2D eigenvalue weighted by molar-refractivity contribution is -0.253. The zero-order valence-electron chi connectivity index (χ0n) is 26.7. The molecule has 4 aromatic carbocycles. The third-order valence-corrected chi connectivity index (χ3v) is 10.1. The molecule has 2 aliphatic rings. The summed E-state index contributed by atoms with van der Waals surface area (Å²) in [4.78, 5) is 14.5. The van der Waals surface area contributed by atoms with Gasteiger partial charge in [0.25, 0.3) is 9.70 Å². The number of nitrogens with one attached hydrogen (secondary N) is 1. The van der Waals surface area contributed by atoms with Crippen LogP contribution in [0.15, 0.2) is 97.1 Å². The maximum Gasteiger partial charge on any atom is 0.272 e. The summed E-state index contributed by atoms with van der Waals surface area (Å²) < 4.78 is 11.2. The number of benzene rings is 4. The summed E-state index contributed by atoms with van der Waals surface area (Å²) >= 11 is 23.3. The molecule has 11 heteroatoms. The number of likely N-dealkylation sites (tertiary alicyclic amines) is 1. The monoisotopic (exact) mass is 742 g/mol. The van der Waals surface area contributed by atoms with Gasteiger partial charge in [-0.2, -0.15) is 0 Å². The van der Waals surface area contributed by atoms with E-state index in [9.17, 15) is 15.0 Å². The van der Waals surface area contributed by atoms with Crippen LogP contribution in [0.3, 0.4) is 0 Å². The summed E-state index contributed by atoms with van der Waals surface area (Å²) in [6, 6.07) is 31.1. The second-order valence-corrected chi connectivity index (χ2v) is 15.4. The maximum absolute atomic E-state index is 12.2. The minimum absolute atomic E-state index is 0.0216. The van der Waals surface area contributed by atoms with Crippen molar-refractivity contribution in [3.8, 4) is 11.1 Å². The highest BCUT2D eigenvalue weighted by Crippen LogP contribution is 2.40. The van der Waals surface area contributed by atoms with Crippen LogP contribution in [-0.4, -0.2) is 50.6 Å². The number of piperidine rings is 1. The fourth-order valence-corrected chi connectivity index (χ4v) is 6.85. The summed E-state index contributed by atoms with van der Waals surface area (Å²) in [6.07, 6.45) is 0.955. The minimum atomic E-state index is -2.04. The third-order valence-electron chi connectivity index (χ3n) is 9.35. The standard InChI is InChI=1S/C38H38Cl4N2O5/c39-31-15-13-30(14-16-31)37(47)17-19-44(20-18-37)23-32-21-34(27-7-5-25(24-45)6-8-27)49-35(48-32)28-11-9-26(10-12-28)33-4-2-1-3-29(33)22-43-36(46)38(40,41)42/h1-16,32,34-35,45,47H,17-24H2,(H,43,46). The molecule has 2 fully saturated rings. The summed E-state index contributed by atoms with van der Waals surface area (Å²) in [5.41, 5.74) is 5.51. The van der Waals surface area contributed by atoms with Crippen molar-refractivity contribution in [1.82, 2.24) is 10.2 Å². The minimum Gasteiger partial charge on any atom is -0.392 e. The first-order chi connectivity index (χ1) is 23.5. The molecule has 0 radical (unpaired) electrons. The Morgan fingerprint density at radius 3 is 2.18 bits per heavy atom. The first kappa shape index (κ1) is 36.1. The van der Waals surface area contributed by atoms with Gasteiger partial charge in [0.2, 0.25) is 0 Å². The van der Waals surface area contributed by atoms with Gasteiger partial charge in [0.1, 0.15) is 0 Å². The summed E-state index contributed by atoms with van der Waals surface area (Å²) in [6.45, 7) is 2.35. The number of carbonyl (C=O) groups excluding carboxylic acids is 1. The first-order valence-electron chi connectivity index (χ1n) is 16.3. The first-order valence-corrected chi connectivity index (χ1v) is 17.8. The molecule has 3 unspecified atom stereocenters. The molecule has 0 saturated carbocycles. The van der Waals surface area contributed by atoms with Crippen molar-refractivity contribution in [2.24, 2.45) is 0 Å². The molecule has 4 aromatic rings. The van der Waals surface area contributed by atoms with Gasteiger partial charge < -0.3 is 29.9 Å². The Morgan fingerprint density at radius 2 is 1.53 bits per heavy atom. The van der Waals surface area contributed by atoms with Gasteiger partial charge in [0.05, 0.1) is 24.4 Å². The van der Waals surface area contributed by atoms with Crippen LogP contribution in [0.2, 0.25) is 5.02 Å². The second kappa shape index (κ2) is 15.7. The lowest BCUT2D eigenvalue weighted by atomic mass is 9.84. The van der Waals surface area contributed by atoms with E-state index < -0.39 is 21.6 Å². The molecule has 0 bridgehead atoms. The third kappa shape index (κ3) is 8.98. The largest absolute Gasteiger partial charge is 0.392 e. The number of hydrogen-bond donors (Lipinski definition) is 3. The Balaban J connectivity index is 1.17. The fraction of sp³-hybridized carbons (Fsp3) is 0.342. The predicted octanol–water partition coefficient (Wildman–Crippen LogP) is 8.01. The van der Waals surface area contributed by atoms with E-state index in [1.165, 1.54) is 0 Å². The molecule has 3 atom stereocenters. The van der Waals surface area contributed by atoms with E-state index in [0.717, 1.165) is 52.0 Å². The number of ether oxygens (including phenoxy) is 2. The molecule has 258 valence electrons. The molecule has 7 nitrogen and oxygen atoms in total. The summed E-state index contributed by atoms with van der Waals surface area (Å²) in [5, 5.41) is 24.3. The summed E-state index contributed by atoms with van der Waals surface area (Å²) in [5.74, 6) is -0.689. The number of aliphatic hydroxyl groups is 2. The molecule has 6 rings (SSSR count). The Labute approximate surface area is 306 Å². The topological polar surface area (TPSA) is 91.3 Å². The molecule has 0 spiro atoms. The number of rotatable bonds is 9. The van der Waals surface area contributed by atoms with Gasteiger partial charge >= 0.3 is 0 Å². The van der Waals surface area contributed by atoms with Crippen molar-refractivity contribution in [2.45, 2.75) is 60.3 Å². The van der Waals surface area contributed by atoms with Crippen LogP contribution in [0.5, 0.6) is 0 Å². The van der Waals surface area contributed by atoms with Gasteiger partial charge in [-0.1, -0.05) is 131 Å². The van der Waals surface area contributed by atoms with Gasteiger partial charge in [0, 0.05) is 43.2 Å². The quantitative estimate of drug-likeness (QED) is 0.151. The average molecular weight is 745 g/mol. The molecule has 49 heavy (non-hydrogen) atoms. The van der Waals surface area contributed by atoms with Crippen LogP contribution < -0.4 is 5.32 Å². The van der Waals surface area contributed by atoms with Gasteiger partial charge in [0.15, 0.2) is 6.29 Å². The van der Waals surface area contributed by atoms with Crippen molar-refractivity contribution >= 4 is 52.3 Å². The smallest absolute Gasteiger partial charge is 0.272 e. The van der Waals surface area contributed by atoms with Crippen molar-refractivity contribution in [3.05, 3.63) is 130 Å². The molecule has 2 aliphatic heterocycles. The Bertz CT molecular complexity index is 1710. The van der Waals surface area contributed by atoms with Gasteiger partial charge in [-0.05, 0) is 58.4 Å². The number of alkyl halides is 3. The molecule has 3 N–H and O–H groups in total. The van der Waals surface area contributed by atoms with Crippen LogP contribution in [0.4, 0.5) is 0 Å². The Hall–Kier alpha value is -2.69. The van der Waals surface area contributed by atoms with E-state index in [1.54, 1.807) is 0 Å². The lowest BCUT2D eigenvalue weighted by Crippen LogP contribution is -2.46. The second-order valence-electron chi connectivity index (χ2n) is 12.6. The van der Waals surface area contributed by atoms with Crippen LogP contribution in [0.1, 0.15) is 59.5 Å². The Morgan fingerprint density at radius 1 is 0.878 bits per heavy atom. The van der Waals surface area contributed by atoms with Crippen LogP contribution in [0, 0.1) is 0 Å². The number of amides is 1. The maximum atomic E-state index is 12.2. The number of nitrogens with zero attached hydrogens (tertiary/aromatic N) is 1. The van der Waals surface area contributed by atoms with E-state index in [4.69, 9.17) is 55.9 Å². The van der Waals surface area contributed by atoms with Crippen LogP contribution in [0.25, 0.3) is 11.1 Å². The van der Waals surface area contributed by atoms with E-state index in [-0.39, 0.29) is 25.4 Å². The van der Waals surface area contributed by atoms with Crippen molar-refractivity contribution in [1.29, 1.82) is 0 Å². The fourth-order valence-electron chi connectivity index (χ4n) is 6.53. The molecule has 0 aliphatic carbocycles. The van der Waals surface area contributed by atoms with Gasteiger partial charge in [-0.25, -0.2) is 0 Å². The van der Waals surface area contributed by atoms with E-state index in [1.807, 2.05) is 97.1 Å². The molecule has 2 heterocycles. The SMILES string of the molecule is O=C(NCc1ccccc1-c1ccc(C2OC(CN3CCC(O)(c4ccc(Cl)cc4)CC3)CC(c3ccc(CO)cc3)O2)cc1)C(Cl)(Cl)Cl. The van der Waals surface area contributed by atoms with E-state index >= 15 is 0 Å². The number of halogens is 4. The number of aliphatic hydroxyl groups excluding tert-OH is 1. The van der Waals surface area contributed by atoms with E-state index in [0.29, 0.717) is 30.8 Å². The molecular formula is C38H38Cl4N2O5. The van der Waals surface area contributed by atoms with E-state index in [2.05, 4.69) is 10.2 Å². The highest BCUT2D eigenvalue weighted by molar-refractivity contribution is 6.76. The summed E-state index contributed by atoms with van der Waals surface area (Å²) in [7, 11) is 0. The number of hydrogen-bond acceptors (Lipinski definition) is 6. The normalized spacial score (nSPS) is 21.3. The Kier molecular flexibility index (Phi) is 11.6. The molecule has 2 saturated heterocycles. The molecular weight excluding hydrogens is 706 g/mol. The van der Waals surface area contributed by atoms with Gasteiger partial charge in [-0.15, -0.1) is 0 Å². The number of carbonyl (C=O) groups is 1. The zero-order valence-corrected chi connectivity index (χ0v) is 29.7.